The summed E-state index contributed by atoms with van der Waals surface area (Å²) in [4.78, 5) is 16.9. The van der Waals surface area contributed by atoms with Crippen LogP contribution in [0.25, 0.3) is 0 Å². The molecule has 2 saturated heterocycles. The van der Waals surface area contributed by atoms with E-state index in [2.05, 4.69) is 41.2 Å². The number of nitrogens with zero attached hydrogens (tertiary/aromatic N) is 5. The van der Waals surface area contributed by atoms with E-state index >= 15 is 0 Å². The number of benzene rings is 1. The molecular formula is C22H31N5O3. The summed E-state index contributed by atoms with van der Waals surface area (Å²) in [6, 6.07) is 4.46. The van der Waals surface area contributed by atoms with Gasteiger partial charge in [-0.25, -0.2) is 4.68 Å². The Bertz CT molecular complexity index is 891. The summed E-state index contributed by atoms with van der Waals surface area (Å²) in [6.45, 7) is 9.54. The SMILES string of the molecule is COc1ccc(CN2CCC[C@H](n3cc(C(=O)N4CCOCC4)nn3)C2)c(C)c1C. The van der Waals surface area contributed by atoms with Crippen LogP contribution in [0.2, 0.25) is 0 Å². The fraction of sp³-hybridized carbons (Fsp3) is 0.591. The molecule has 1 aromatic heterocycles. The zero-order valence-corrected chi connectivity index (χ0v) is 18.1. The summed E-state index contributed by atoms with van der Waals surface area (Å²) in [5.41, 5.74) is 4.24. The second kappa shape index (κ2) is 9.14. The summed E-state index contributed by atoms with van der Waals surface area (Å²) < 4.78 is 12.6. The third-order valence-corrected chi connectivity index (χ3v) is 6.35. The maximum atomic E-state index is 12.7. The molecule has 8 nitrogen and oxygen atoms in total. The lowest BCUT2D eigenvalue weighted by molar-refractivity contribution is 0.0299. The molecular weight excluding hydrogens is 382 g/mol. The van der Waals surface area contributed by atoms with Crippen LogP contribution >= 0.6 is 0 Å². The zero-order valence-electron chi connectivity index (χ0n) is 18.1. The molecule has 0 radical (unpaired) electrons. The van der Waals surface area contributed by atoms with Gasteiger partial charge in [0.25, 0.3) is 5.91 Å². The van der Waals surface area contributed by atoms with Gasteiger partial charge in [0.1, 0.15) is 5.75 Å². The first-order chi connectivity index (χ1) is 14.6. The summed E-state index contributed by atoms with van der Waals surface area (Å²) in [5.74, 6) is 0.884. The van der Waals surface area contributed by atoms with E-state index in [1.54, 1.807) is 12.0 Å². The predicted octanol–water partition coefficient (Wildman–Crippen LogP) is 2.21. The van der Waals surface area contributed by atoms with E-state index in [4.69, 9.17) is 9.47 Å². The first kappa shape index (κ1) is 20.8. The Morgan fingerprint density at radius 1 is 1.20 bits per heavy atom. The molecule has 30 heavy (non-hydrogen) atoms. The fourth-order valence-electron chi connectivity index (χ4n) is 4.36. The third-order valence-electron chi connectivity index (χ3n) is 6.35. The maximum absolute atomic E-state index is 12.7. The number of hydrogen-bond acceptors (Lipinski definition) is 6. The lowest BCUT2D eigenvalue weighted by atomic mass is 10.00. The van der Waals surface area contributed by atoms with Crippen LogP contribution < -0.4 is 4.74 Å². The molecule has 0 spiro atoms. The number of morpholine rings is 1. The van der Waals surface area contributed by atoms with E-state index in [9.17, 15) is 4.79 Å². The minimum Gasteiger partial charge on any atom is -0.496 e. The standard InChI is InChI=1S/C22H31N5O3/c1-16-17(2)21(29-3)7-6-18(16)13-25-8-4-5-19(14-25)27-15-20(23-24-27)22(28)26-9-11-30-12-10-26/h6-7,15,19H,4-5,8-14H2,1-3H3/t19-/m0/s1. The van der Waals surface area contributed by atoms with E-state index in [0.717, 1.165) is 38.2 Å². The van der Waals surface area contributed by atoms with Crippen LogP contribution in [0.5, 0.6) is 5.75 Å². The number of methoxy groups -OCH3 is 1. The van der Waals surface area contributed by atoms with Crippen LogP contribution in [0.15, 0.2) is 18.3 Å². The van der Waals surface area contributed by atoms with E-state index in [-0.39, 0.29) is 11.9 Å². The molecule has 0 unspecified atom stereocenters. The number of aromatic nitrogens is 3. The van der Waals surface area contributed by atoms with E-state index in [1.807, 2.05) is 10.9 Å². The Kier molecular flexibility index (Phi) is 6.34. The molecule has 4 rings (SSSR count). The molecule has 2 aliphatic heterocycles. The molecule has 162 valence electrons. The van der Waals surface area contributed by atoms with Crippen molar-refractivity contribution in [1.82, 2.24) is 24.8 Å². The number of carbonyl (C=O) groups is 1. The highest BCUT2D eigenvalue weighted by Gasteiger charge is 2.26. The largest absolute Gasteiger partial charge is 0.496 e. The van der Waals surface area contributed by atoms with Crippen molar-refractivity contribution in [2.24, 2.45) is 0 Å². The van der Waals surface area contributed by atoms with E-state index in [0.29, 0.717) is 32.0 Å². The monoisotopic (exact) mass is 413 g/mol. The highest BCUT2D eigenvalue weighted by molar-refractivity contribution is 5.92. The molecule has 1 atom stereocenters. The average molecular weight is 414 g/mol. The van der Waals surface area contributed by atoms with Gasteiger partial charge >= 0.3 is 0 Å². The van der Waals surface area contributed by atoms with Crippen molar-refractivity contribution >= 4 is 5.91 Å². The molecule has 2 aromatic rings. The van der Waals surface area contributed by atoms with E-state index < -0.39 is 0 Å². The molecule has 8 heteroatoms. The van der Waals surface area contributed by atoms with Crippen molar-refractivity contribution in [3.63, 3.8) is 0 Å². The Balaban J connectivity index is 1.41. The fourth-order valence-corrected chi connectivity index (χ4v) is 4.36. The van der Waals surface area contributed by atoms with Gasteiger partial charge in [0.15, 0.2) is 5.69 Å². The first-order valence-corrected chi connectivity index (χ1v) is 10.7. The second-order valence-corrected chi connectivity index (χ2v) is 8.20. The normalized spacial score (nSPS) is 20.4. The smallest absolute Gasteiger partial charge is 0.276 e. The Morgan fingerprint density at radius 2 is 2.00 bits per heavy atom. The maximum Gasteiger partial charge on any atom is 0.276 e. The van der Waals surface area contributed by atoms with Gasteiger partial charge in [0.2, 0.25) is 0 Å². The third kappa shape index (κ3) is 4.34. The number of rotatable bonds is 5. The number of amides is 1. The molecule has 1 amide bonds. The van der Waals surface area contributed by atoms with Crippen LogP contribution in [0.4, 0.5) is 0 Å². The van der Waals surface area contributed by atoms with Gasteiger partial charge in [-0.1, -0.05) is 11.3 Å². The molecule has 0 N–H and O–H groups in total. The van der Waals surface area contributed by atoms with Gasteiger partial charge in [0, 0.05) is 26.2 Å². The molecule has 0 saturated carbocycles. The van der Waals surface area contributed by atoms with Gasteiger partial charge in [-0.05, 0) is 56.0 Å². The van der Waals surface area contributed by atoms with Crippen LogP contribution in [-0.4, -0.2) is 77.2 Å². The highest BCUT2D eigenvalue weighted by atomic mass is 16.5. The summed E-state index contributed by atoms with van der Waals surface area (Å²) in [6.07, 6.45) is 3.96. The molecule has 0 bridgehead atoms. The van der Waals surface area contributed by atoms with Gasteiger partial charge < -0.3 is 14.4 Å². The molecule has 1 aromatic carbocycles. The van der Waals surface area contributed by atoms with Crippen molar-refractivity contribution in [2.45, 2.75) is 39.3 Å². The van der Waals surface area contributed by atoms with Crippen LogP contribution in [0.1, 0.15) is 46.1 Å². The highest BCUT2D eigenvalue weighted by Crippen LogP contribution is 2.27. The number of ether oxygens (including phenoxy) is 2. The molecule has 0 aliphatic carbocycles. The Labute approximate surface area is 177 Å². The van der Waals surface area contributed by atoms with Gasteiger partial charge in [-0.2, -0.15) is 0 Å². The number of carbonyl (C=O) groups excluding carboxylic acids is 1. The minimum absolute atomic E-state index is 0.0541. The second-order valence-electron chi connectivity index (χ2n) is 8.20. The Hall–Kier alpha value is -2.45. The lowest BCUT2D eigenvalue weighted by Gasteiger charge is -2.33. The van der Waals surface area contributed by atoms with Gasteiger partial charge in [-0.3, -0.25) is 9.69 Å². The van der Waals surface area contributed by atoms with Crippen LogP contribution in [0, 0.1) is 13.8 Å². The van der Waals surface area contributed by atoms with Crippen molar-refractivity contribution in [2.75, 3.05) is 46.5 Å². The lowest BCUT2D eigenvalue weighted by Crippen LogP contribution is -2.40. The van der Waals surface area contributed by atoms with Gasteiger partial charge in [0.05, 0.1) is 32.6 Å². The molecule has 2 fully saturated rings. The van der Waals surface area contributed by atoms with Crippen molar-refractivity contribution in [3.05, 3.63) is 40.7 Å². The quantitative estimate of drug-likeness (QED) is 0.748. The number of likely N-dealkylation sites (tertiary alicyclic amines) is 1. The van der Waals surface area contributed by atoms with Crippen LogP contribution in [0.3, 0.4) is 0 Å². The predicted molar refractivity (Wildman–Crippen MR) is 113 cm³/mol. The summed E-state index contributed by atoms with van der Waals surface area (Å²) >= 11 is 0. The summed E-state index contributed by atoms with van der Waals surface area (Å²) in [7, 11) is 1.72. The molecule has 2 aliphatic rings. The number of hydrogen-bond donors (Lipinski definition) is 0. The van der Waals surface area contributed by atoms with Gasteiger partial charge in [-0.15, -0.1) is 5.10 Å². The zero-order chi connectivity index (χ0) is 21.1. The number of piperidine rings is 1. The first-order valence-electron chi connectivity index (χ1n) is 10.7. The minimum atomic E-state index is -0.0541. The van der Waals surface area contributed by atoms with Crippen molar-refractivity contribution < 1.29 is 14.3 Å². The van der Waals surface area contributed by atoms with Crippen LogP contribution in [-0.2, 0) is 11.3 Å². The van der Waals surface area contributed by atoms with E-state index in [1.165, 1.54) is 16.7 Å². The van der Waals surface area contributed by atoms with Crippen molar-refractivity contribution in [1.29, 1.82) is 0 Å². The Morgan fingerprint density at radius 3 is 2.77 bits per heavy atom. The molecule has 3 heterocycles. The topological polar surface area (TPSA) is 72.7 Å². The van der Waals surface area contributed by atoms with Crippen molar-refractivity contribution in [3.8, 4) is 5.75 Å². The average Bonchev–Trinajstić information content (AvgIpc) is 3.28. The summed E-state index contributed by atoms with van der Waals surface area (Å²) in [5, 5.41) is 8.47.